The summed E-state index contributed by atoms with van der Waals surface area (Å²) < 4.78 is 39.5. The largest absolute Gasteiger partial charge is 0.433 e. The molecule has 0 bridgehead atoms. The number of hydrogen-bond donors (Lipinski definition) is 2. The Balaban J connectivity index is 1.72. The number of nitrogens with one attached hydrogen (secondary N) is 2. The van der Waals surface area contributed by atoms with Gasteiger partial charge in [-0.15, -0.1) is 0 Å². The number of anilines is 3. The fraction of sp³-hybridized carbons (Fsp3) is 0.348. The second-order valence-electron chi connectivity index (χ2n) is 8.99. The minimum Gasteiger partial charge on any atom is -0.365 e. The predicted octanol–water partition coefficient (Wildman–Crippen LogP) is 5.46. The number of nitrogens with zero attached hydrogens (tertiary/aromatic N) is 5. The number of halogens is 3. The number of alkyl halides is 3. The molecule has 3 aromatic rings. The molecule has 3 aromatic heterocycles. The molecule has 4 rings (SSSR count). The topological polar surface area (TPSA) is 99.4 Å². The van der Waals surface area contributed by atoms with E-state index >= 15 is 0 Å². The van der Waals surface area contributed by atoms with E-state index < -0.39 is 17.3 Å². The molecule has 7 nitrogen and oxygen atoms in total. The summed E-state index contributed by atoms with van der Waals surface area (Å²) >= 11 is 0. The second-order valence-corrected chi connectivity index (χ2v) is 8.99. The van der Waals surface area contributed by atoms with Gasteiger partial charge in [-0.2, -0.15) is 18.4 Å². The van der Waals surface area contributed by atoms with Gasteiger partial charge in [0.05, 0.1) is 11.5 Å². The molecule has 1 aliphatic carbocycles. The molecule has 0 aromatic carbocycles. The van der Waals surface area contributed by atoms with Crippen molar-refractivity contribution in [1.29, 1.82) is 5.26 Å². The van der Waals surface area contributed by atoms with Crippen LogP contribution in [-0.4, -0.2) is 25.5 Å². The van der Waals surface area contributed by atoms with Crippen molar-refractivity contribution in [3.05, 3.63) is 53.9 Å². The third-order valence-corrected chi connectivity index (χ3v) is 5.03. The van der Waals surface area contributed by atoms with Gasteiger partial charge in [-0.1, -0.05) is 6.07 Å². The number of hydrogen-bond acceptors (Lipinski definition) is 7. The lowest BCUT2D eigenvalue weighted by atomic mass is 9.99. The Morgan fingerprint density at radius 3 is 2.33 bits per heavy atom. The first-order valence-corrected chi connectivity index (χ1v) is 10.3. The van der Waals surface area contributed by atoms with E-state index in [0.29, 0.717) is 17.5 Å². The molecule has 170 valence electrons. The van der Waals surface area contributed by atoms with E-state index in [2.05, 4.69) is 36.6 Å². The van der Waals surface area contributed by atoms with Crippen molar-refractivity contribution in [2.24, 2.45) is 0 Å². The van der Waals surface area contributed by atoms with Gasteiger partial charge < -0.3 is 10.6 Å². The van der Waals surface area contributed by atoms with Crippen molar-refractivity contribution in [3.8, 4) is 17.6 Å². The van der Waals surface area contributed by atoms with Crippen LogP contribution in [0.15, 0.2) is 42.6 Å². The van der Waals surface area contributed by atoms with Crippen LogP contribution >= 0.6 is 0 Å². The zero-order valence-electron chi connectivity index (χ0n) is 18.3. The number of rotatable bonds is 5. The molecule has 0 atom stereocenters. The van der Waals surface area contributed by atoms with E-state index in [0.717, 1.165) is 24.5 Å². The van der Waals surface area contributed by atoms with Crippen molar-refractivity contribution in [2.75, 3.05) is 10.6 Å². The van der Waals surface area contributed by atoms with E-state index in [9.17, 15) is 18.4 Å². The third kappa shape index (κ3) is 5.19. The zero-order chi connectivity index (χ0) is 23.9. The van der Waals surface area contributed by atoms with Crippen molar-refractivity contribution >= 4 is 17.5 Å². The van der Waals surface area contributed by atoms with Gasteiger partial charge in [0.15, 0.2) is 5.82 Å². The van der Waals surface area contributed by atoms with Crippen LogP contribution in [0, 0.1) is 11.3 Å². The summed E-state index contributed by atoms with van der Waals surface area (Å²) in [4.78, 5) is 16.8. The summed E-state index contributed by atoms with van der Waals surface area (Å²) in [5.74, 6) is 1.25. The highest BCUT2D eigenvalue weighted by Crippen LogP contribution is 2.47. The van der Waals surface area contributed by atoms with Crippen molar-refractivity contribution in [3.63, 3.8) is 0 Å². The standard InChI is InChI=1S/C23H22F3N7/c1-21(2,3)33-19-12-18(30-17-11-14(7-10-28-17)22(13-27)8-9-22)31-20(32-19)15-5-4-6-16(29-15)23(24,25)26/h4-7,10-12H,8-9H2,1-3H3,(H2,28,30,31,32,33). The first kappa shape index (κ1) is 22.5. The van der Waals surface area contributed by atoms with Crippen LogP contribution in [0.3, 0.4) is 0 Å². The average Bonchev–Trinajstić information content (AvgIpc) is 3.53. The van der Waals surface area contributed by atoms with Crippen LogP contribution in [0.25, 0.3) is 11.5 Å². The predicted molar refractivity (Wildman–Crippen MR) is 118 cm³/mol. The maximum Gasteiger partial charge on any atom is 0.433 e. The molecule has 1 aliphatic rings. The Hall–Kier alpha value is -3.74. The van der Waals surface area contributed by atoms with Gasteiger partial charge in [-0.3, -0.25) is 0 Å². The molecule has 1 fully saturated rings. The normalized spacial score (nSPS) is 14.9. The molecule has 0 spiro atoms. The van der Waals surface area contributed by atoms with Gasteiger partial charge >= 0.3 is 6.18 Å². The zero-order valence-corrected chi connectivity index (χ0v) is 18.3. The lowest BCUT2D eigenvalue weighted by Crippen LogP contribution is -2.27. The fourth-order valence-electron chi connectivity index (χ4n) is 3.31. The molecule has 0 amide bonds. The highest BCUT2D eigenvalue weighted by atomic mass is 19.4. The highest BCUT2D eigenvalue weighted by Gasteiger charge is 2.45. The van der Waals surface area contributed by atoms with Crippen LogP contribution in [0.5, 0.6) is 0 Å². The Bertz CT molecular complexity index is 1220. The Morgan fingerprint density at radius 1 is 0.970 bits per heavy atom. The van der Waals surface area contributed by atoms with Crippen LogP contribution in [0.2, 0.25) is 0 Å². The van der Waals surface area contributed by atoms with Crippen LogP contribution < -0.4 is 10.6 Å². The van der Waals surface area contributed by atoms with Crippen LogP contribution in [0.1, 0.15) is 44.9 Å². The van der Waals surface area contributed by atoms with Gasteiger partial charge in [-0.25, -0.2) is 19.9 Å². The molecule has 0 radical (unpaired) electrons. The number of nitriles is 1. The van der Waals surface area contributed by atoms with Crippen molar-refractivity contribution < 1.29 is 13.2 Å². The molecular formula is C23H22F3N7. The van der Waals surface area contributed by atoms with E-state index in [-0.39, 0.29) is 17.1 Å². The molecule has 2 N–H and O–H groups in total. The smallest absolute Gasteiger partial charge is 0.365 e. The van der Waals surface area contributed by atoms with Crippen LogP contribution in [0.4, 0.5) is 30.6 Å². The van der Waals surface area contributed by atoms with E-state index in [1.165, 1.54) is 12.1 Å². The van der Waals surface area contributed by atoms with E-state index in [4.69, 9.17) is 0 Å². The number of pyridine rings is 2. The van der Waals surface area contributed by atoms with E-state index in [1.54, 1.807) is 18.3 Å². The summed E-state index contributed by atoms with van der Waals surface area (Å²) in [5, 5.41) is 15.8. The van der Waals surface area contributed by atoms with Gasteiger partial charge in [0.25, 0.3) is 0 Å². The molecular weight excluding hydrogens is 431 g/mol. The molecule has 0 saturated heterocycles. The summed E-state index contributed by atoms with van der Waals surface area (Å²) in [6.07, 6.45) is -1.38. The molecule has 10 heteroatoms. The Kier molecular flexibility index (Phi) is 5.44. The van der Waals surface area contributed by atoms with Crippen LogP contribution in [-0.2, 0) is 11.6 Å². The number of aromatic nitrogens is 4. The fourth-order valence-corrected chi connectivity index (χ4v) is 3.31. The maximum absolute atomic E-state index is 13.2. The molecule has 0 aliphatic heterocycles. The monoisotopic (exact) mass is 453 g/mol. The minimum absolute atomic E-state index is 0.00596. The van der Waals surface area contributed by atoms with Gasteiger partial charge in [0, 0.05) is 17.8 Å². The molecule has 33 heavy (non-hydrogen) atoms. The molecule has 3 heterocycles. The first-order valence-electron chi connectivity index (χ1n) is 10.3. The lowest BCUT2D eigenvalue weighted by Gasteiger charge is -2.22. The average molecular weight is 453 g/mol. The molecule has 0 unspecified atom stereocenters. The summed E-state index contributed by atoms with van der Waals surface area (Å²) in [6, 6.07) is 11.2. The quantitative estimate of drug-likeness (QED) is 0.529. The molecule has 1 saturated carbocycles. The second kappa shape index (κ2) is 7.99. The summed E-state index contributed by atoms with van der Waals surface area (Å²) in [5.41, 5.74) is -0.990. The van der Waals surface area contributed by atoms with Gasteiger partial charge in [-0.05, 0) is 63.4 Å². The maximum atomic E-state index is 13.2. The Labute approximate surface area is 189 Å². The summed E-state index contributed by atoms with van der Waals surface area (Å²) in [7, 11) is 0. The summed E-state index contributed by atoms with van der Waals surface area (Å²) in [6.45, 7) is 5.81. The third-order valence-electron chi connectivity index (χ3n) is 5.03. The Morgan fingerprint density at radius 2 is 1.70 bits per heavy atom. The lowest BCUT2D eigenvalue weighted by molar-refractivity contribution is -0.141. The van der Waals surface area contributed by atoms with Crippen molar-refractivity contribution in [2.45, 2.75) is 50.7 Å². The minimum atomic E-state index is -4.58. The van der Waals surface area contributed by atoms with Gasteiger partial charge in [0.1, 0.15) is 28.8 Å². The first-order chi connectivity index (χ1) is 15.5. The van der Waals surface area contributed by atoms with Gasteiger partial charge in [0.2, 0.25) is 0 Å². The van der Waals surface area contributed by atoms with E-state index in [1.807, 2.05) is 26.8 Å². The SMILES string of the molecule is CC(C)(C)Nc1cc(Nc2cc(C3(C#N)CC3)ccn2)nc(-c2cccc(C(F)(F)F)n2)n1. The van der Waals surface area contributed by atoms with Crippen molar-refractivity contribution in [1.82, 2.24) is 19.9 Å². The highest BCUT2D eigenvalue weighted by molar-refractivity contribution is 5.63.